The van der Waals surface area contributed by atoms with Gasteiger partial charge in [0.15, 0.2) is 0 Å². The van der Waals surface area contributed by atoms with Crippen LogP contribution in [0.2, 0.25) is 0 Å². The number of hydrogen-bond donors (Lipinski definition) is 2. The lowest BCUT2D eigenvalue weighted by Gasteiger charge is -2.28. The molecule has 4 nitrogen and oxygen atoms in total. The molecule has 2 rings (SSSR count). The predicted octanol–water partition coefficient (Wildman–Crippen LogP) is 2.71. The fraction of sp³-hybridized carbons (Fsp3) is 0.692. The molecule has 1 saturated carbocycles. The summed E-state index contributed by atoms with van der Waals surface area (Å²) in [4.78, 5) is 8.67. The van der Waals surface area contributed by atoms with Crippen LogP contribution in [0.15, 0.2) is 6.07 Å². The Balaban J connectivity index is 1.95. The van der Waals surface area contributed by atoms with E-state index in [1.165, 1.54) is 25.7 Å². The number of nitrogens with one attached hydrogen (secondary N) is 1. The van der Waals surface area contributed by atoms with Crippen molar-refractivity contribution >= 4 is 23.4 Å². The van der Waals surface area contributed by atoms with E-state index >= 15 is 0 Å². The van der Waals surface area contributed by atoms with Crippen molar-refractivity contribution in [3.63, 3.8) is 0 Å². The summed E-state index contributed by atoms with van der Waals surface area (Å²) in [7, 11) is 0. The van der Waals surface area contributed by atoms with Crippen molar-refractivity contribution in [2.24, 2.45) is 0 Å². The molecule has 18 heavy (non-hydrogen) atoms. The van der Waals surface area contributed by atoms with Crippen LogP contribution in [0.3, 0.4) is 0 Å². The van der Waals surface area contributed by atoms with Gasteiger partial charge in [0.05, 0.1) is 0 Å². The molecule has 0 aromatic carbocycles. The number of anilines is 2. The van der Waals surface area contributed by atoms with Crippen LogP contribution in [0.1, 0.15) is 38.4 Å². The average Bonchev–Trinajstić information content (AvgIpc) is 2.39. The third-order valence-electron chi connectivity index (χ3n) is 3.47. The number of nitrogen functional groups attached to an aromatic ring is 1. The molecule has 0 spiro atoms. The highest BCUT2D eigenvalue weighted by Crippen LogP contribution is 2.28. The fourth-order valence-corrected chi connectivity index (χ4v) is 3.15. The Bertz CT molecular complexity index is 389. The highest BCUT2D eigenvalue weighted by atomic mass is 32.2. The summed E-state index contributed by atoms with van der Waals surface area (Å²) in [6.07, 6.45) is 8.05. The molecule has 1 fully saturated rings. The second-order valence-corrected chi connectivity index (χ2v) is 5.94. The molecule has 0 amide bonds. The second kappa shape index (κ2) is 6.27. The molecule has 1 aromatic rings. The predicted molar refractivity (Wildman–Crippen MR) is 79.0 cm³/mol. The van der Waals surface area contributed by atoms with Gasteiger partial charge in [-0.15, -0.1) is 0 Å². The van der Waals surface area contributed by atoms with Crippen molar-refractivity contribution in [1.29, 1.82) is 0 Å². The van der Waals surface area contributed by atoms with E-state index in [1.54, 1.807) is 0 Å². The molecule has 1 heterocycles. The van der Waals surface area contributed by atoms with Crippen molar-refractivity contribution in [3.05, 3.63) is 11.9 Å². The van der Waals surface area contributed by atoms with E-state index < -0.39 is 0 Å². The summed E-state index contributed by atoms with van der Waals surface area (Å²) in [5.41, 5.74) is 5.79. The third-order valence-corrected chi connectivity index (χ3v) is 4.61. The second-order valence-electron chi connectivity index (χ2n) is 4.80. The van der Waals surface area contributed by atoms with E-state index in [0.29, 0.717) is 11.9 Å². The maximum absolute atomic E-state index is 5.79. The topological polar surface area (TPSA) is 63.8 Å². The molecule has 0 aliphatic heterocycles. The maximum Gasteiger partial charge on any atom is 0.132 e. The first-order valence-electron chi connectivity index (χ1n) is 6.64. The third kappa shape index (κ3) is 3.51. The Labute approximate surface area is 113 Å². The summed E-state index contributed by atoms with van der Waals surface area (Å²) in [5, 5.41) is 4.34. The average molecular weight is 266 g/mol. The number of hydrogen-bond acceptors (Lipinski definition) is 5. The van der Waals surface area contributed by atoms with Gasteiger partial charge < -0.3 is 11.1 Å². The molecule has 3 N–H and O–H groups in total. The van der Waals surface area contributed by atoms with Gasteiger partial charge in [0.25, 0.3) is 0 Å². The van der Waals surface area contributed by atoms with Crippen LogP contribution < -0.4 is 11.1 Å². The Hall–Kier alpha value is -0.970. The van der Waals surface area contributed by atoms with Crippen molar-refractivity contribution in [3.8, 4) is 0 Å². The van der Waals surface area contributed by atoms with Gasteiger partial charge >= 0.3 is 0 Å². The monoisotopic (exact) mass is 266 g/mol. The van der Waals surface area contributed by atoms with Gasteiger partial charge in [0.1, 0.15) is 17.5 Å². The lowest BCUT2D eigenvalue weighted by Crippen LogP contribution is -2.27. The number of nitrogens with zero attached hydrogens (tertiary/aromatic N) is 2. The standard InChI is InChI=1S/C13H22N4S/c1-3-12-16-11(14)8-13(17-12)15-9-4-6-10(18-2)7-5-9/h8-10H,3-7H2,1-2H3,(H3,14,15,16,17). The fourth-order valence-electron chi connectivity index (χ4n) is 2.40. The molecule has 5 heteroatoms. The van der Waals surface area contributed by atoms with Crippen LogP contribution in [0.5, 0.6) is 0 Å². The van der Waals surface area contributed by atoms with Gasteiger partial charge in [0.2, 0.25) is 0 Å². The van der Waals surface area contributed by atoms with E-state index in [2.05, 4.69) is 21.5 Å². The Kier molecular flexibility index (Phi) is 4.69. The van der Waals surface area contributed by atoms with E-state index in [1.807, 2.05) is 24.8 Å². The molecule has 1 aliphatic rings. The van der Waals surface area contributed by atoms with E-state index in [-0.39, 0.29) is 0 Å². The van der Waals surface area contributed by atoms with Gasteiger partial charge in [-0.1, -0.05) is 6.92 Å². The van der Waals surface area contributed by atoms with E-state index in [4.69, 9.17) is 5.73 Å². The number of aryl methyl sites for hydroxylation is 1. The molecule has 0 radical (unpaired) electrons. The molecular formula is C13H22N4S. The van der Waals surface area contributed by atoms with Crippen LogP contribution in [0.4, 0.5) is 11.6 Å². The minimum Gasteiger partial charge on any atom is -0.384 e. The normalized spacial score (nSPS) is 23.9. The zero-order valence-corrected chi connectivity index (χ0v) is 12.0. The Morgan fingerprint density at radius 2 is 2.06 bits per heavy atom. The van der Waals surface area contributed by atoms with Gasteiger partial charge in [-0.25, -0.2) is 9.97 Å². The minimum atomic E-state index is 0.535. The zero-order chi connectivity index (χ0) is 13.0. The molecule has 1 aliphatic carbocycles. The lowest BCUT2D eigenvalue weighted by molar-refractivity contribution is 0.472. The summed E-state index contributed by atoms with van der Waals surface area (Å²) < 4.78 is 0. The summed E-state index contributed by atoms with van der Waals surface area (Å²) in [6, 6.07) is 2.37. The quantitative estimate of drug-likeness (QED) is 0.877. The highest BCUT2D eigenvalue weighted by molar-refractivity contribution is 7.99. The van der Waals surface area contributed by atoms with E-state index in [9.17, 15) is 0 Å². The molecular weight excluding hydrogens is 244 g/mol. The van der Waals surface area contributed by atoms with E-state index in [0.717, 1.165) is 23.3 Å². The van der Waals surface area contributed by atoms with Crippen LogP contribution in [0, 0.1) is 0 Å². The van der Waals surface area contributed by atoms with Gasteiger partial charge in [-0.2, -0.15) is 11.8 Å². The first kappa shape index (κ1) is 13.5. The van der Waals surface area contributed by atoms with Gasteiger partial charge in [-0.05, 0) is 31.9 Å². The number of rotatable bonds is 4. The summed E-state index contributed by atoms with van der Waals surface area (Å²) >= 11 is 1.99. The minimum absolute atomic E-state index is 0.535. The Morgan fingerprint density at radius 3 is 2.67 bits per heavy atom. The first-order valence-corrected chi connectivity index (χ1v) is 7.92. The summed E-state index contributed by atoms with van der Waals surface area (Å²) in [6.45, 7) is 2.04. The lowest BCUT2D eigenvalue weighted by atomic mass is 9.95. The molecule has 100 valence electrons. The Morgan fingerprint density at radius 1 is 1.33 bits per heavy atom. The van der Waals surface area contributed by atoms with Crippen molar-refractivity contribution in [1.82, 2.24) is 9.97 Å². The zero-order valence-electron chi connectivity index (χ0n) is 11.1. The van der Waals surface area contributed by atoms with Crippen LogP contribution in [0.25, 0.3) is 0 Å². The number of nitrogens with two attached hydrogens (primary N) is 1. The summed E-state index contributed by atoms with van der Waals surface area (Å²) in [5.74, 6) is 2.25. The van der Waals surface area contributed by atoms with Crippen molar-refractivity contribution in [2.45, 2.75) is 50.3 Å². The van der Waals surface area contributed by atoms with Gasteiger partial charge in [0, 0.05) is 23.8 Å². The molecule has 0 saturated heterocycles. The van der Waals surface area contributed by atoms with Crippen molar-refractivity contribution < 1.29 is 0 Å². The smallest absolute Gasteiger partial charge is 0.132 e. The SMILES string of the molecule is CCc1nc(N)cc(NC2CCC(SC)CC2)n1. The van der Waals surface area contributed by atoms with Crippen LogP contribution in [-0.2, 0) is 6.42 Å². The molecule has 1 aromatic heterocycles. The number of thioether (sulfide) groups is 1. The van der Waals surface area contributed by atoms with Gasteiger partial charge in [-0.3, -0.25) is 0 Å². The largest absolute Gasteiger partial charge is 0.384 e. The van der Waals surface area contributed by atoms with Crippen LogP contribution in [-0.4, -0.2) is 27.5 Å². The highest BCUT2D eigenvalue weighted by Gasteiger charge is 2.20. The maximum atomic E-state index is 5.79. The van der Waals surface area contributed by atoms with Crippen LogP contribution >= 0.6 is 11.8 Å². The molecule has 0 bridgehead atoms. The van der Waals surface area contributed by atoms with Crippen molar-refractivity contribution in [2.75, 3.05) is 17.3 Å². The number of aromatic nitrogens is 2. The molecule has 0 atom stereocenters. The first-order chi connectivity index (χ1) is 8.71. The molecule has 0 unspecified atom stereocenters.